The van der Waals surface area contributed by atoms with Gasteiger partial charge in [-0.2, -0.15) is 35.4 Å². The van der Waals surface area contributed by atoms with Gasteiger partial charge >= 0.3 is 52.4 Å². The van der Waals surface area contributed by atoms with Crippen LogP contribution in [0.3, 0.4) is 0 Å². The molecule has 0 saturated heterocycles. The topological polar surface area (TPSA) is 0 Å². The summed E-state index contributed by atoms with van der Waals surface area (Å²) in [5.41, 5.74) is 2.97. The molecule has 2 aromatic rings. The van der Waals surface area contributed by atoms with Crippen LogP contribution in [0.4, 0.5) is 0 Å². The Morgan fingerprint density at radius 1 is 0.625 bits per heavy atom. The smallest absolute Gasteiger partial charge is 1.00 e. The minimum atomic E-state index is 0. The third-order valence-corrected chi connectivity index (χ3v) is 3.10. The zero-order chi connectivity index (χ0) is 15.1. The average molecular weight is 546 g/mol. The summed E-state index contributed by atoms with van der Waals surface area (Å²) in [6.45, 7) is 4.45. The molecule has 130 valence electrons. The fourth-order valence-corrected chi connectivity index (χ4v) is 1.92. The molecule has 0 nitrogen and oxygen atoms in total. The molecule has 0 N–H and O–H groups in total. The van der Waals surface area contributed by atoms with Gasteiger partial charge in [0.15, 0.2) is 0 Å². The van der Waals surface area contributed by atoms with Crippen LogP contribution in [0.2, 0.25) is 0 Å². The van der Waals surface area contributed by atoms with E-state index in [1.165, 1.54) is 56.0 Å². The molecule has 0 radical (unpaired) electrons. The minimum Gasteiger partial charge on any atom is -1.00 e. The van der Waals surface area contributed by atoms with E-state index < -0.39 is 0 Å². The van der Waals surface area contributed by atoms with Crippen molar-refractivity contribution in [3.8, 4) is 0 Å². The van der Waals surface area contributed by atoms with Gasteiger partial charge in [-0.3, -0.25) is 0 Å². The average Bonchev–Trinajstić information content (AvgIpc) is 3.19. The monoisotopic (exact) mass is 542 g/mol. The molecule has 0 aliphatic heterocycles. The normalized spacial score (nSPS) is 7.67. The van der Waals surface area contributed by atoms with Crippen LogP contribution in [0.15, 0.2) is 48.5 Å². The zero-order valence-corrected chi connectivity index (χ0v) is 22.2. The number of unbranched alkanes of at least 4 members (excludes halogenated alkanes) is 2. The maximum atomic E-state index is 4.64. The summed E-state index contributed by atoms with van der Waals surface area (Å²) in [5, 5.41) is 0. The van der Waals surface area contributed by atoms with Gasteiger partial charge in [0.2, 0.25) is 0 Å². The van der Waals surface area contributed by atoms with E-state index in [-0.39, 0.29) is 77.2 Å². The second kappa shape index (κ2) is 29.1. The van der Waals surface area contributed by atoms with Crippen molar-refractivity contribution < 1.29 is 77.2 Å². The van der Waals surface area contributed by atoms with Crippen LogP contribution in [0.5, 0.6) is 0 Å². The molecule has 0 bridgehead atoms. The Kier molecular flexibility index (Phi) is 44.0. The first-order valence-electron chi connectivity index (χ1n) is 7.65. The van der Waals surface area contributed by atoms with E-state index in [1.54, 1.807) is 0 Å². The van der Waals surface area contributed by atoms with Crippen LogP contribution in [0.1, 0.15) is 50.7 Å². The third-order valence-electron chi connectivity index (χ3n) is 3.10. The van der Waals surface area contributed by atoms with E-state index in [0.717, 1.165) is 0 Å². The Hall–Kier alpha value is 1.34. The van der Waals surface area contributed by atoms with Crippen molar-refractivity contribution in [3.63, 3.8) is 0 Å². The van der Waals surface area contributed by atoms with Crippen LogP contribution in [-0.4, -0.2) is 6.38 Å². The number of hydrogen-bond acceptors (Lipinski definition) is 0. The Morgan fingerprint density at radius 3 is 1.08 bits per heavy atom. The van der Waals surface area contributed by atoms with Crippen LogP contribution in [-0.2, 0) is 65.2 Å². The molecular weight excluding hydrogens is 517 g/mol. The molecule has 0 unspecified atom stereocenters. The first-order chi connectivity index (χ1) is 9.86. The van der Waals surface area contributed by atoms with Crippen LogP contribution in [0.25, 0.3) is 0 Å². The van der Waals surface area contributed by atoms with Gasteiger partial charge in [0, 0.05) is 6.38 Å². The fraction of sp³-hybridized carbons (Fsp3) is 0.474. The predicted octanol–water partition coefficient (Wildman–Crippen LogP) is 0.354. The number of halogens is 3. The molecule has 2 aromatic carbocycles. The molecule has 0 spiro atoms. The maximum Gasteiger partial charge on any atom is 4.00 e. The van der Waals surface area contributed by atoms with Crippen molar-refractivity contribution >= 4 is 11.6 Å². The van der Waals surface area contributed by atoms with E-state index in [0.29, 0.717) is 0 Å². The SMILES string of the molecule is CCCC[c-]1cccc1.CCCC[c-]1cccc1.CCl.[Cl-].[Cl-].[Zr+4].[Zr+4]. The first kappa shape index (κ1) is 36.3. The van der Waals surface area contributed by atoms with Gasteiger partial charge in [-0.25, -0.2) is 24.3 Å². The summed E-state index contributed by atoms with van der Waals surface area (Å²) < 4.78 is 0. The Balaban J connectivity index is -0.0000000789. The Morgan fingerprint density at radius 2 is 0.875 bits per heavy atom. The van der Waals surface area contributed by atoms with E-state index in [2.05, 4.69) is 74.0 Å². The number of hydrogen-bond donors (Lipinski definition) is 0. The molecule has 0 heterocycles. The summed E-state index contributed by atoms with van der Waals surface area (Å²) in [6.07, 6.45) is 9.22. The van der Waals surface area contributed by atoms with Crippen molar-refractivity contribution in [1.29, 1.82) is 0 Å². The summed E-state index contributed by atoms with van der Waals surface area (Å²) in [5.74, 6) is 0. The van der Waals surface area contributed by atoms with Gasteiger partial charge in [0.05, 0.1) is 0 Å². The number of aryl methyl sites for hydroxylation is 2. The zero-order valence-electron chi connectivity index (χ0n) is 15.0. The van der Waals surface area contributed by atoms with Crippen LogP contribution < -0.4 is 24.8 Å². The molecule has 0 saturated carbocycles. The van der Waals surface area contributed by atoms with Gasteiger partial charge < -0.3 is 24.8 Å². The van der Waals surface area contributed by atoms with Gasteiger partial charge in [-0.1, -0.05) is 52.4 Å². The van der Waals surface area contributed by atoms with E-state index in [9.17, 15) is 0 Å². The molecule has 0 aliphatic carbocycles. The van der Waals surface area contributed by atoms with Crippen molar-refractivity contribution in [1.82, 2.24) is 0 Å². The maximum absolute atomic E-state index is 4.64. The molecule has 0 amide bonds. The molecular formula is C19H29Cl3Zr2+4. The predicted molar refractivity (Wildman–Crippen MR) is 93.1 cm³/mol. The van der Waals surface area contributed by atoms with Gasteiger partial charge in [-0.15, -0.1) is 11.6 Å². The molecule has 0 fully saturated rings. The standard InChI is InChI=1S/2C9H13.CH3Cl.2ClH.2Zr/c2*1-2-3-6-9-7-4-5-8-9;1-2;;;;/h2*4-5,7-8H,2-3,6H2,1H3;1H3;2*1H;;/q2*-1;;;;2*+4/p-2. The van der Waals surface area contributed by atoms with Crippen LogP contribution in [0, 0.1) is 0 Å². The second-order valence-electron chi connectivity index (χ2n) is 4.79. The Labute approximate surface area is 205 Å². The summed E-state index contributed by atoms with van der Waals surface area (Å²) in [6, 6.07) is 17.2. The minimum absolute atomic E-state index is 0. The fourth-order valence-electron chi connectivity index (χ4n) is 1.92. The molecule has 0 aromatic heterocycles. The van der Waals surface area contributed by atoms with Gasteiger partial charge in [0.25, 0.3) is 0 Å². The third kappa shape index (κ3) is 21.4. The van der Waals surface area contributed by atoms with E-state index >= 15 is 0 Å². The van der Waals surface area contributed by atoms with Crippen molar-refractivity contribution in [2.24, 2.45) is 0 Å². The summed E-state index contributed by atoms with van der Waals surface area (Å²) in [4.78, 5) is 0. The first-order valence-corrected chi connectivity index (χ1v) is 8.41. The quantitative estimate of drug-likeness (QED) is 0.363. The van der Waals surface area contributed by atoms with E-state index in [4.69, 9.17) is 0 Å². The Bertz CT molecular complexity index is 335. The van der Waals surface area contributed by atoms with Gasteiger partial charge in [0.1, 0.15) is 0 Å². The van der Waals surface area contributed by atoms with Gasteiger partial charge in [-0.05, 0) is 0 Å². The van der Waals surface area contributed by atoms with Crippen molar-refractivity contribution in [2.75, 3.05) is 6.38 Å². The second-order valence-corrected chi connectivity index (χ2v) is 4.79. The molecule has 0 atom stereocenters. The molecule has 0 aliphatic rings. The number of rotatable bonds is 6. The number of alkyl halides is 1. The van der Waals surface area contributed by atoms with Crippen molar-refractivity contribution in [2.45, 2.75) is 52.4 Å². The summed E-state index contributed by atoms with van der Waals surface area (Å²) in [7, 11) is 0. The van der Waals surface area contributed by atoms with E-state index in [1.807, 2.05) is 0 Å². The van der Waals surface area contributed by atoms with Crippen molar-refractivity contribution in [3.05, 3.63) is 59.7 Å². The largest absolute Gasteiger partial charge is 4.00 e. The molecule has 2 rings (SSSR count). The molecule has 5 heteroatoms. The summed E-state index contributed by atoms with van der Waals surface area (Å²) >= 11 is 4.64. The molecule has 24 heavy (non-hydrogen) atoms. The van der Waals surface area contributed by atoms with Crippen LogP contribution >= 0.6 is 11.6 Å².